The highest BCUT2D eigenvalue weighted by Crippen LogP contribution is 2.25. The van der Waals surface area contributed by atoms with Gasteiger partial charge in [0, 0.05) is 18.4 Å². The Morgan fingerprint density at radius 1 is 1.13 bits per heavy atom. The fourth-order valence-electron chi connectivity index (χ4n) is 1.72. The third-order valence-corrected chi connectivity index (χ3v) is 2.62. The van der Waals surface area contributed by atoms with Crippen LogP contribution in [-0.2, 0) is 9.59 Å². The summed E-state index contributed by atoms with van der Waals surface area (Å²) in [5, 5.41) is 0. The van der Waals surface area contributed by atoms with Crippen molar-refractivity contribution in [2.75, 3.05) is 6.54 Å². The van der Waals surface area contributed by atoms with Gasteiger partial charge in [-0.3, -0.25) is 14.5 Å². The minimum Gasteiger partial charge on any atom is -0.282 e. The fraction of sp³-hybridized carbons (Fsp3) is 0.833. The SMILES string of the molecule is CCCC(C)(C)C(=O)N(CC)C(=O)CC. The standard InChI is InChI=1S/C12H23NO2/c1-6-9-12(4,5)11(15)13(8-3)10(14)7-2/h6-9H2,1-5H3. The summed E-state index contributed by atoms with van der Waals surface area (Å²) < 4.78 is 0. The van der Waals surface area contributed by atoms with Crippen molar-refractivity contribution < 1.29 is 9.59 Å². The molecule has 3 heteroatoms. The van der Waals surface area contributed by atoms with Crippen molar-refractivity contribution in [2.45, 2.75) is 53.9 Å². The number of amides is 2. The quantitative estimate of drug-likeness (QED) is 0.704. The molecule has 15 heavy (non-hydrogen) atoms. The van der Waals surface area contributed by atoms with Crippen molar-refractivity contribution in [1.82, 2.24) is 4.90 Å². The first-order valence-corrected chi connectivity index (χ1v) is 5.75. The number of hydrogen-bond acceptors (Lipinski definition) is 2. The highest BCUT2D eigenvalue weighted by atomic mass is 16.2. The van der Waals surface area contributed by atoms with Gasteiger partial charge in [0.05, 0.1) is 0 Å². The van der Waals surface area contributed by atoms with Crippen molar-refractivity contribution in [3.8, 4) is 0 Å². The summed E-state index contributed by atoms with van der Waals surface area (Å²) in [6, 6.07) is 0. The minimum absolute atomic E-state index is 0.0429. The van der Waals surface area contributed by atoms with E-state index in [1.165, 1.54) is 4.90 Å². The van der Waals surface area contributed by atoms with Crippen LogP contribution < -0.4 is 0 Å². The molecule has 0 aromatic heterocycles. The van der Waals surface area contributed by atoms with Gasteiger partial charge in [0.2, 0.25) is 11.8 Å². The molecular weight excluding hydrogens is 190 g/mol. The van der Waals surface area contributed by atoms with E-state index in [4.69, 9.17) is 0 Å². The van der Waals surface area contributed by atoms with Gasteiger partial charge in [-0.15, -0.1) is 0 Å². The highest BCUT2D eigenvalue weighted by molar-refractivity contribution is 5.97. The third kappa shape index (κ3) is 3.65. The molecular formula is C12H23NO2. The number of rotatable bonds is 5. The molecule has 0 heterocycles. The van der Waals surface area contributed by atoms with Crippen molar-refractivity contribution in [2.24, 2.45) is 5.41 Å². The molecule has 0 saturated heterocycles. The third-order valence-electron chi connectivity index (χ3n) is 2.62. The second-order valence-corrected chi connectivity index (χ2v) is 4.43. The van der Waals surface area contributed by atoms with E-state index in [0.29, 0.717) is 13.0 Å². The van der Waals surface area contributed by atoms with Crippen LogP contribution in [0.2, 0.25) is 0 Å². The summed E-state index contributed by atoms with van der Waals surface area (Å²) >= 11 is 0. The molecule has 0 bridgehead atoms. The van der Waals surface area contributed by atoms with Gasteiger partial charge >= 0.3 is 0 Å². The monoisotopic (exact) mass is 213 g/mol. The number of nitrogens with zero attached hydrogens (tertiary/aromatic N) is 1. The summed E-state index contributed by atoms with van der Waals surface area (Å²) in [5.74, 6) is -0.120. The smallest absolute Gasteiger partial charge is 0.234 e. The highest BCUT2D eigenvalue weighted by Gasteiger charge is 2.32. The molecule has 0 N–H and O–H groups in total. The van der Waals surface area contributed by atoms with Crippen molar-refractivity contribution in [3.05, 3.63) is 0 Å². The number of carbonyl (C=O) groups is 2. The maximum atomic E-state index is 12.1. The van der Waals surface area contributed by atoms with Gasteiger partial charge < -0.3 is 0 Å². The van der Waals surface area contributed by atoms with Crippen LogP contribution in [0.15, 0.2) is 0 Å². The Morgan fingerprint density at radius 3 is 2.00 bits per heavy atom. The Labute approximate surface area is 92.8 Å². The summed E-state index contributed by atoms with van der Waals surface area (Å²) in [7, 11) is 0. The van der Waals surface area contributed by atoms with Crippen LogP contribution in [-0.4, -0.2) is 23.3 Å². The molecule has 0 rings (SSSR count). The zero-order valence-electron chi connectivity index (χ0n) is 10.6. The lowest BCUT2D eigenvalue weighted by atomic mass is 9.86. The topological polar surface area (TPSA) is 37.4 Å². The molecule has 88 valence electrons. The van der Waals surface area contributed by atoms with Gasteiger partial charge in [0.1, 0.15) is 0 Å². The first-order chi connectivity index (χ1) is 6.90. The number of hydrogen-bond donors (Lipinski definition) is 0. The average Bonchev–Trinajstić information content (AvgIpc) is 2.18. The molecule has 3 nitrogen and oxygen atoms in total. The number of carbonyl (C=O) groups excluding carboxylic acids is 2. The van der Waals surface area contributed by atoms with Gasteiger partial charge in [0.25, 0.3) is 0 Å². The largest absolute Gasteiger partial charge is 0.282 e. The minimum atomic E-state index is -0.421. The maximum absolute atomic E-state index is 12.1. The summed E-state index contributed by atoms with van der Waals surface area (Å²) in [6.45, 7) is 9.96. The molecule has 0 aromatic carbocycles. The zero-order valence-corrected chi connectivity index (χ0v) is 10.6. The predicted octanol–water partition coefficient (Wildman–Crippen LogP) is 2.60. The normalized spacial score (nSPS) is 11.3. The second kappa shape index (κ2) is 5.89. The molecule has 0 aromatic rings. The Kier molecular flexibility index (Phi) is 5.55. The molecule has 0 aliphatic carbocycles. The lowest BCUT2D eigenvalue weighted by Crippen LogP contribution is -2.44. The van der Waals surface area contributed by atoms with Crippen LogP contribution in [0.5, 0.6) is 0 Å². The fourth-order valence-corrected chi connectivity index (χ4v) is 1.72. The van der Waals surface area contributed by atoms with Crippen LogP contribution in [0.3, 0.4) is 0 Å². The average molecular weight is 213 g/mol. The van der Waals surface area contributed by atoms with E-state index in [9.17, 15) is 9.59 Å². The van der Waals surface area contributed by atoms with E-state index in [2.05, 4.69) is 0 Å². The van der Waals surface area contributed by atoms with Gasteiger partial charge in [0.15, 0.2) is 0 Å². The predicted molar refractivity (Wildman–Crippen MR) is 61.4 cm³/mol. The summed E-state index contributed by atoms with van der Waals surface area (Å²) in [6.07, 6.45) is 2.16. The molecule has 0 fully saturated rings. The molecule has 2 amide bonds. The van der Waals surface area contributed by atoms with Gasteiger partial charge in [-0.25, -0.2) is 0 Å². The molecule has 0 aliphatic rings. The van der Waals surface area contributed by atoms with Crippen LogP contribution >= 0.6 is 0 Å². The van der Waals surface area contributed by atoms with Crippen molar-refractivity contribution in [1.29, 1.82) is 0 Å². The lowest BCUT2D eigenvalue weighted by Gasteiger charge is -2.29. The summed E-state index contributed by atoms with van der Waals surface area (Å²) in [5.41, 5.74) is -0.421. The number of imide groups is 1. The Hall–Kier alpha value is -0.860. The Morgan fingerprint density at radius 2 is 1.67 bits per heavy atom. The van der Waals surface area contributed by atoms with E-state index in [1.807, 2.05) is 27.7 Å². The zero-order chi connectivity index (χ0) is 12.1. The molecule has 0 atom stereocenters. The van der Waals surface area contributed by atoms with E-state index in [0.717, 1.165) is 12.8 Å². The van der Waals surface area contributed by atoms with E-state index >= 15 is 0 Å². The first-order valence-electron chi connectivity index (χ1n) is 5.75. The van der Waals surface area contributed by atoms with Crippen LogP contribution in [0.25, 0.3) is 0 Å². The lowest BCUT2D eigenvalue weighted by molar-refractivity contribution is -0.150. The second-order valence-electron chi connectivity index (χ2n) is 4.43. The van der Waals surface area contributed by atoms with Gasteiger partial charge in [-0.05, 0) is 13.3 Å². The molecule has 0 unspecified atom stereocenters. The van der Waals surface area contributed by atoms with Crippen LogP contribution in [0.1, 0.15) is 53.9 Å². The molecule has 0 saturated carbocycles. The maximum Gasteiger partial charge on any atom is 0.234 e. The van der Waals surface area contributed by atoms with Gasteiger partial charge in [-0.1, -0.05) is 34.1 Å². The van der Waals surface area contributed by atoms with Crippen LogP contribution in [0, 0.1) is 5.41 Å². The Balaban J connectivity index is 4.71. The first kappa shape index (κ1) is 14.1. The molecule has 0 spiro atoms. The molecule has 0 aliphatic heterocycles. The summed E-state index contributed by atoms with van der Waals surface area (Å²) in [4.78, 5) is 25.0. The van der Waals surface area contributed by atoms with Crippen molar-refractivity contribution in [3.63, 3.8) is 0 Å². The Bertz CT molecular complexity index is 234. The van der Waals surface area contributed by atoms with Gasteiger partial charge in [-0.2, -0.15) is 0 Å². The van der Waals surface area contributed by atoms with E-state index < -0.39 is 5.41 Å². The van der Waals surface area contributed by atoms with E-state index in [-0.39, 0.29) is 11.8 Å². The van der Waals surface area contributed by atoms with Crippen LogP contribution in [0.4, 0.5) is 0 Å². The van der Waals surface area contributed by atoms with Crippen molar-refractivity contribution >= 4 is 11.8 Å². The van der Waals surface area contributed by atoms with E-state index in [1.54, 1.807) is 6.92 Å². The molecule has 0 radical (unpaired) electrons.